The Bertz CT molecular complexity index is 1130. The molecule has 1 aromatic carbocycles. The Morgan fingerprint density at radius 1 is 1.25 bits per heavy atom. The van der Waals surface area contributed by atoms with Gasteiger partial charge < -0.3 is 4.42 Å². The molecule has 0 radical (unpaired) electrons. The Labute approximate surface area is 161 Å². The van der Waals surface area contributed by atoms with E-state index in [2.05, 4.69) is 15.6 Å². The van der Waals surface area contributed by atoms with Gasteiger partial charge in [0.2, 0.25) is 10.0 Å². The van der Waals surface area contributed by atoms with Crippen molar-refractivity contribution >= 4 is 22.1 Å². The monoisotopic (exact) mass is 401 g/mol. The number of carbonyl (C=O) groups is 1. The van der Waals surface area contributed by atoms with E-state index in [9.17, 15) is 13.2 Å². The molecule has 0 aliphatic heterocycles. The van der Waals surface area contributed by atoms with Crippen LogP contribution in [-0.2, 0) is 21.4 Å². The summed E-state index contributed by atoms with van der Waals surface area (Å²) < 4.78 is 29.8. The molecular formula is C18H19N5O4S. The van der Waals surface area contributed by atoms with Crippen molar-refractivity contribution in [1.29, 1.82) is 0 Å². The number of rotatable bonds is 6. The molecule has 10 heteroatoms. The Balaban J connectivity index is 1.61. The van der Waals surface area contributed by atoms with Gasteiger partial charge in [-0.25, -0.2) is 19.0 Å². The van der Waals surface area contributed by atoms with E-state index in [4.69, 9.17) is 9.56 Å². The lowest BCUT2D eigenvalue weighted by molar-refractivity contribution is -0.121. The average Bonchev–Trinajstić information content (AvgIpc) is 3.21. The standard InChI is InChI=1S/C18H19N5O4S/c1-12-9-13(2)23(22-12)11-18(24)21-20-10-15-5-8-17(27-15)14-3-6-16(7-4-14)28(19,25)26/h3-10H,11H2,1-2H3,(H,21,24)(H2,19,25,26)/b20-10-. The van der Waals surface area contributed by atoms with Crippen LogP contribution in [0.25, 0.3) is 11.3 Å². The quantitative estimate of drug-likeness (QED) is 0.478. The minimum absolute atomic E-state index is 0.0231. The molecule has 2 aromatic heterocycles. The number of nitrogens with one attached hydrogen (secondary N) is 1. The Kier molecular flexibility index (Phi) is 5.43. The summed E-state index contributed by atoms with van der Waals surface area (Å²) >= 11 is 0. The minimum Gasteiger partial charge on any atom is -0.455 e. The third-order valence-electron chi connectivity index (χ3n) is 3.87. The molecule has 0 saturated carbocycles. The van der Waals surface area contributed by atoms with Gasteiger partial charge in [0.25, 0.3) is 5.91 Å². The third-order valence-corrected chi connectivity index (χ3v) is 4.80. The highest BCUT2D eigenvalue weighted by Crippen LogP contribution is 2.22. The van der Waals surface area contributed by atoms with Gasteiger partial charge >= 0.3 is 0 Å². The number of benzene rings is 1. The molecule has 0 atom stereocenters. The van der Waals surface area contributed by atoms with Crippen molar-refractivity contribution in [3.05, 3.63) is 59.6 Å². The predicted molar refractivity (Wildman–Crippen MR) is 103 cm³/mol. The largest absolute Gasteiger partial charge is 0.455 e. The van der Waals surface area contributed by atoms with Gasteiger partial charge in [-0.15, -0.1) is 0 Å². The summed E-state index contributed by atoms with van der Waals surface area (Å²) in [6, 6.07) is 11.3. The van der Waals surface area contributed by atoms with Gasteiger partial charge in [-0.05, 0) is 56.3 Å². The lowest BCUT2D eigenvalue weighted by Gasteiger charge is -2.02. The van der Waals surface area contributed by atoms with Gasteiger partial charge in [0.15, 0.2) is 0 Å². The first-order chi connectivity index (χ1) is 13.2. The number of primary sulfonamides is 1. The fourth-order valence-corrected chi connectivity index (χ4v) is 3.08. The number of aryl methyl sites for hydroxylation is 2. The van der Waals surface area contributed by atoms with Gasteiger partial charge in [-0.2, -0.15) is 10.2 Å². The summed E-state index contributed by atoms with van der Waals surface area (Å²) in [5.41, 5.74) is 4.83. The third kappa shape index (κ3) is 4.72. The van der Waals surface area contributed by atoms with Crippen LogP contribution in [0.2, 0.25) is 0 Å². The first-order valence-electron chi connectivity index (χ1n) is 8.28. The van der Waals surface area contributed by atoms with Crippen LogP contribution >= 0.6 is 0 Å². The predicted octanol–water partition coefficient (Wildman–Crippen LogP) is 1.56. The molecule has 9 nitrogen and oxygen atoms in total. The highest BCUT2D eigenvalue weighted by atomic mass is 32.2. The minimum atomic E-state index is -3.74. The van der Waals surface area contributed by atoms with E-state index < -0.39 is 10.0 Å². The molecule has 0 unspecified atom stereocenters. The van der Waals surface area contributed by atoms with Crippen LogP contribution in [0.3, 0.4) is 0 Å². The summed E-state index contributed by atoms with van der Waals surface area (Å²) in [6.45, 7) is 3.80. The fourth-order valence-electron chi connectivity index (χ4n) is 2.56. The number of nitrogens with zero attached hydrogens (tertiary/aromatic N) is 3. The van der Waals surface area contributed by atoms with Crippen LogP contribution in [0, 0.1) is 13.8 Å². The average molecular weight is 401 g/mol. The summed E-state index contributed by atoms with van der Waals surface area (Å²) in [4.78, 5) is 12.0. The number of aromatic nitrogens is 2. The van der Waals surface area contributed by atoms with Gasteiger partial charge in [0.05, 0.1) is 16.8 Å². The molecule has 3 rings (SSSR count). The molecule has 28 heavy (non-hydrogen) atoms. The van der Waals surface area contributed by atoms with E-state index in [1.807, 2.05) is 19.9 Å². The molecule has 0 bridgehead atoms. The highest BCUT2D eigenvalue weighted by Gasteiger charge is 2.09. The summed E-state index contributed by atoms with van der Waals surface area (Å²) in [6.07, 6.45) is 1.38. The van der Waals surface area contributed by atoms with Crippen LogP contribution in [0.1, 0.15) is 17.1 Å². The van der Waals surface area contributed by atoms with Crippen molar-refractivity contribution in [2.45, 2.75) is 25.3 Å². The zero-order chi connectivity index (χ0) is 20.3. The first-order valence-corrected chi connectivity index (χ1v) is 9.83. The lowest BCUT2D eigenvalue weighted by atomic mass is 10.2. The van der Waals surface area contributed by atoms with Gasteiger partial charge in [-0.3, -0.25) is 9.48 Å². The van der Waals surface area contributed by atoms with Gasteiger partial charge in [0.1, 0.15) is 18.1 Å². The molecule has 0 saturated heterocycles. The molecule has 3 aromatic rings. The highest BCUT2D eigenvalue weighted by molar-refractivity contribution is 7.89. The molecule has 0 spiro atoms. The molecule has 0 aliphatic carbocycles. The molecule has 1 amide bonds. The number of hydrogen-bond donors (Lipinski definition) is 2. The zero-order valence-electron chi connectivity index (χ0n) is 15.3. The second-order valence-electron chi connectivity index (χ2n) is 6.15. The van der Waals surface area contributed by atoms with Crippen LogP contribution in [0.5, 0.6) is 0 Å². The van der Waals surface area contributed by atoms with E-state index in [1.54, 1.807) is 28.9 Å². The zero-order valence-corrected chi connectivity index (χ0v) is 16.1. The van der Waals surface area contributed by atoms with E-state index >= 15 is 0 Å². The number of hydrogen-bond acceptors (Lipinski definition) is 6. The van der Waals surface area contributed by atoms with Crippen molar-refractivity contribution in [1.82, 2.24) is 15.2 Å². The maximum absolute atomic E-state index is 11.9. The Morgan fingerprint density at radius 2 is 1.96 bits per heavy atom. The Hall–Kier alpha value is -3.24. The van der Waals surface area contributed by atoms with E-state index in [0.29, 0.717) is 17.1 Å². The maximum atomic E-state index is 11.9. The number of furan rings is 1. The van der Waals surface area contributed by atoms with Crippen molar-refractivity contribution in [2.24, 2.45) is 10.2 Å². The topological polar surface area (TPSA) is 133 Å². The number of sulfonamides is 1. The van der Waals surface area contributed by atoms with Crippen molar-refractivity contribution in [3.8, 4) is 11.3 Å². The number of nitrogens with two attached hydrogens (primary N) is 1. The number of hydrazone groups is 1. The van der Waals surface area contributed by atoms with Crippen LogP contribution < -0.4 is 10.6 Å². The SMILES string of the molecule is Cc1cc(C)n(CC(=O)N/N=C\c2ccc(-c3ccc(S(N)(=O)=O)cc3)o2)n1. The normalized spacial score (nSPS) is 11.8. The molecule has 2 heterocycles. The summed E-state index contributed by atoms with van der Waals surface area (Å²) in [5, 5.41) is 13.2. The first kappa shape index (κ1) is 19.5. The van der Waals surface area contributed by atoms with E-state index in [0.717, 1.165) is 11.4 Å². The van der Waals surface area contributed by atoms with Crippen LogP contribution in [0.4, 0.5) is 0 Å². The molecular weight excluding hydrogens is 382 g/mol. The van der Waals surface area contributed by atoms with Gasteiger partial charge in [0, 0.05) is 11.3 Å². The summed E-state index contributed by atoms with van der Waals surface area (Å²) in [5.74, 6) is 0.640. The lowest BCUT2D eigenvalue weighted by Crippen LogP contribution is -2.24. The molecule has 146 valence electrons. The summed E-state index contributed by atoms with van der Waals surface area (Å²) in [7, 11) is -3.74. The molecule has 0 aliphatic rings. The second kappa shape index (κ2) is 7.79. The van der Waals surface area contributed by atoms with Crippen molar-refractivity contribution < 1.29 is 17.6 Å². The van der Waals surface area contributed by atoms with Crippen LogP contribution in [0.15, 0.2) is 56.9 Å². The fraction of sp³-hybridized carbons (Fsp3) is 0.167. The van der Waals surface area contributed by atoms with E-state index in [-0.39, 0.29) is 17.3 Å². The smallest absolute Gasteiger partial charge is 0.261 e. The second-order valence-corrected chi connectivity index (χ2v) is 7.71. The maximum Gasteiger partial charge on any atom is 0.261 e. The molecule has 0 fully saturated rings. The molecule has 3 N–H and O–H groups in total. The van der Waals surface area contributed by atoms with E-state index in [1.165, 1.54) is 18.3 Å². The number of amides is 1. The van der Waals surface area contributed by atoms with Crippen LogP contribution in [-0.4, -0.2) is 30.3 Å². The van der Waals surface area contributed by atoms with Crippen molar-refractivity contribution in [2.75, 3.05) is 0 Å². The van der Waals surface area contributed by atoms with Gasteiger partial charge in [-0.1, -0.05) is 0 Å². The Morgan fingerprint density at radius 3 is 2.57 bits per heavy atom. The van der Waals surface area contributed by atoms with Crippen molar-refractivity contribution in [3.63, 3.8) is 0 Å². The number of carbonyl (C=O) groups excluding carboxylic acids is 1.